The lowest BCUT2D eigenvalue weighted by molar-refractivity contribution is 0.579. The van der Waals surface area contributed by atoms with Gasteiger partial charge in [0, 0.05) is 10.4 Å². The Bertz CT molecular complexity index is 534. The van der Waals surface area contributed by atoms with Gasteiger partial charge < -0.3 is 0 Å². The van der Waals surface area contributed by atoms with Gasteiger partial charge in [0.05, 0.1) is 6.04 Å². The predicted octanol–water partition coefficient (Wildman–Crippen LogP) is 4.43. The molecule has 0 saturated carbocycles. The highest BCUT2D eigenvalue weighted by Crippen LogP contribution is 2.27. The van der Waals surface area contributed by atoms with Crippen molar-refractivity contribution >= 4 is 27.5 Å². The molecule has 3 nitrogen and oxygen atoms in total. The lowest BCUT2D eigenvalue weighted by Crippen LogP contribution is -2.12. The molecule has 2 rings (SSSR count). The fourth-order valence-electron chi connectivity index (χ4n) is 1.93. The van der Waals surface area contributed by atoms with E-state index in [1.807, 2.05) is 16.7 Å². The van der Waals surface area contributed by atoms with Crippen molar-refractivity contribution in [3.05, 3.63) is 45.4 Å². The smallest absolute Gasteiger partial charge is 0.225 e. The monoisotopic (exact) mass is 327 g/mol. The molecule has 0 aliphatic carbocycles. The Morgan fingerprint density at radius 2 is 1.72 bits per heavy atom. The molecule has 5 heteroatoms. The Hall–Kier alpha value is -0.870. The van der Waals surface area contributed by atoms with Gasteiger partial charge in [-0.1, -0.05) is 41.9 Å². The van der Waals surface area contributed by atoms with E-state index in [1.165, 1.54) is 5.56 Å². The van der Waals surface area contributed by atoms with E-state index in [1.54, 1.807) is 0 Å². The quantitative estimate of drug-likeness (QED) is 0.834. The topological polar surface area (TPSA) is 30.7 Å². The van der Waals surface area contributed by atoms with E-state index in [4.69, 9.17) is 11.6 Å². The minimum atomic E-state index is 0.123. The van der Waals surface area contributed by atoms with Crippen molar-refractivity contribution < 1.29 is 0 Å². The number of halogens is 2. The summed E-state index contributed by atoms with van der Waals surface area (Å²) in [6.07, 6.45) is 0. The van der Waals surface area contributed by atoms with Gasteiger partial charge >= 0.3 is 0 Å². The van der Waals surface area contributed by atoms with Crippen LogP contribution >= 0.6 is 27.5 Å². The third-order valence-electron chi connectivity index (χ3n) is 2.94. The van der Waals surface area contributed by atoms with Crippen molar-refractivity contribution in [2.24, 2.45) is 0 Å². The van der Waals surface area contributed by atoms with Crippen molar-refractivity contribution in [2.75, 3.05) is 0 Å². The highest BCUT2D eigenvalue weighted by Gasteiger charge is 2.19. The second kappa shape index (κ2) is 5.41. The van der Waals surface area contributed by atoms with Gasteiger partial charge in [0.15, 0.2) is 0 Å². The molecule has 1 aromatic carbocycles. The molecular weight excluding hydrogens is 314 g/mol. The zero-order valence-electron chi connectivity index (χ0n) is 10.6. The zero-order valence-corrected chi connectivity index (χ0v) is 12.9. The van der Waals surface area contributed by atoms with Gasteiger partial charge in [-0.3, -0.25) is 4.57 Å². The summed E-state index contributed by atoms with van der Waals surface area (Å²) < 4.78 is 3.05. The molecule has 0 aliphatic rings. The predicted molar refractivity (Wildman–Crippen MR) is 77.1 cm³/mol. The molecule has 1 atom stereocenters. The first-order chi connectivity index (χ1) is 8.50. The summed E-state index contributed by atoms with van der Waals surface area (Å²) >= 11 is 9.58. The second-order valence-corrected chi connectivity index (χ2v) is 5.83. The van der Waals surface area contributed by atoms with Crippen LogP contribution in [0.1, 0.15) is 44.1 Å². The number of rotatable bonds is 3. The highest BCUT2D eigenvalue weighted by molar-refractivity contribution is 9.10. The fraction of sp³-hybridized carbons (Fsp3) is 0.385. The first-order valence-electron chi connectivity index (χ1n) is 5.86. The molecule has 0 bridgehead atoms. The average Bonchev–Trinajstić information content (AvgIpc) is 2.71. The molecular formula is C13H15BrClN3. The Labute approximate surface area is 120 Å². The van der Waals surface area contributed by atoms with Crippen LogP contribution in [0.4, 0.5) is 0 Å². The van der Waals surface area contributed by atoms with Gasteiger partial charge in [-0.05, 0) is 36.2 Å². The van der Waals surface area contributed by atoms with E-state index in [2.05, 4.69) is 59.0 Å². The maximum absolute atomic E-state index is 6.15. The average molecular weight is 329 g/mol. The van der Waals surface area contributed by atoms with Gasteiger partial charge in [-0.2, -0.15) is 0 Å². The minimum absolute atomic E-state index is 0.123. The van der Waals surface area contributed by atoms with Gasteiger partial charge in [0.2, 0.25) is 5.28 Å². The summed E-state index contributed by atoms with van der Waals surface area (Å²) in [4.78, 5) is 0. The Kier molecular flexibility index (Phi) is 4.07. The van der Waals surface area contributed by atoms with E-state index >= 15 is 0 Å². The number of nitrogens with zero attached hydrogens (tertiary/aromatic N) is 3. The normalized spacial score (nSPS) is 13.0. The van der Waals surface area contributed by atoms with Crippen LogP contribution in [0.5, 0.6) is 0 Å². The molecule has 0 saturated heterocycles. The molecule has 0 radical (unpaired) electrons. The number of benzene rings is 1. The number of aromatic nitrogens is 3. The molecule has 1 unspecified atom stereocenters. The molecule has 2 aromatic rings. The van der Waals surface area contributed by atoms with Crippen molar-refractivity contribution in [3.8, 4) is 0 Å². The van der Waals surface area contributed by atoms with Crippen LogP contribution in [-0.4, -0.2) is 14.8 Å². The van der Waals surface area contributed by atoms with Crippen molar-refractivity contribution in [1.82, 2.24) is 14.8 Å². The Morgan fingerprint density at radius 1 is 1.11 bits per heavy atom. The molecule has 18 heavy (non-hydrogen) atoms. The second-order valence-electron chi connectivity index (χ2n) is 4.58. The van der Waals surface area contributed by atoms with Gasteiger partial charge in [0.25, 0.3) is 0 Å². The molecule has 0 aliphatic heterocycles. The van der Waals surface area contributed by atoms with Crippen LogP contribution in [-0.2, 0) is 0 Å². The summed E-state index contributed by atoms with van der Waals surface area (Å²) in [5, 5.41) is 8.56. The SMILES string of the molecule is CC(C)c1nnc(Cl)n1C(C)c1ccc(Br)cc1. The van der Waals surface area contributed by atoms with Gasteiger partial charge in [-0.25, -0.2) is 0 Å². The third kappa shape index (κ3) is 2.59. The summed E-state index contributed by atoms with van der Waals surface area (Å²) in [5.41, 5.74) is 1.18. The highest BCUT2D eigenvalue weighted by atomic mass is 79.9. The van der Waals surface area contributed by atoms with Crippen molar-refractivity contribution in [1.29, 1.82) is 0 Å². The summed E-state index contributed by atoms with van der Waals surface area (Å²) in [5.74, 6) is 1.21. The van der Waals surface area contributed by atoms with Crippen LogP contribution in [0.2, 0.25) is 5.28 Å². The summed E-state index contributed by atoms with van der Waals surface area (Å²) in [6.45, 7) is 6.28. The van der Waals surface area contributed by atoms with Gasteiger partial charge in [0.1, 0.15) is 5.82 Å². The molecule has 1 aromatic heterocycles. The molecule has 96 valence electrons. The molecule has 0 N–H and O–H groups in total. The Morgan fingerprint density at radius 3 is 2.28 bits per heavy atom. The van der Waals surface area contributed by atoms with E-state index in [9.17, 15) is 0 Å². The molecule has 0 spiro atoms. The van der Waals surface area contributed by atoms with Crippen LogP contribution < -0.4 is 0 Å². The maximum atomic E-state index is 6.15. The molecule has 0 fully saturated rings. The largest absolute Gasteiger partial charge is 0.294 e. The van der Waals surface area contributed by atoms with Crippen LogP contribution in [0.25, 0.3) is 0 Å². The third-order valence-corrected chi connectivity index (χ3v) is 3.72. The minimum Gasteiger partial charge on any atom is -0.294 e. The van der Waals surface area contributed by atoms with Crippen molar-refractivity contribution in [2.45, 2.75) is 32.7 Å². The van der Waals surface area contributed by atoms with E-state index in [0.29, 0.717) is 11.2 Å². The van der Waals surface area contributed by atoms with E-state index in [0.717, 1.165) is 10.3 Å². The summed E-state index contributed by atoms with van der Waals surface area (Å²) in [6, 6.07) is 8.33. The number of hydrogen-bond donors (Lipinski definition) is 0. The van der Waals surface area contributed by atoms with Gasteiger partial charge in [-0.15, -0.1) is 10.2 Å². The lowest BCUT2D eigenvalue weighted by Gasteiger charge is -2.18. The zero-order chi connectivity index (χ0) is 13.3. The molecule has 1 heterocycles. The molecule has 0 amide bonds. The first-order valence-corrected chi connectivity index (χ1v) is 7.03. The van der Waals surface area contributed by atoms with E-state index < -0.39 is 0 Å². The maximum Gasteiger partial charge on any atom is 0.225 e. The Balaban J connectivity index is 2.42. The fourth-order valence-corrected chi connectivity index (χ4v) is 2.46. The van der Waals surface area contributed by atoms with Crippen LogP contribution in [0.15, 0.2) is 28.7 Å². The lowest BCUT2D eigenvalue weighted by atomic mass is 10.1. The van der Waals surface area contributed by atoms with Crippen molar-refractivity contribution in [3.63, 3.8) is 0 Å². The first kappa shape index (κ1) is 13.6. The van der Waals surface area contributed by atoms with Crippen LogP contribution in [0.3, 0.4) is 0 Å². The number of hydrogen-bond acceptors (Lipinski definition) is 2. The van der Waals surface area contributed by atoms with E-state index in [-0.39, 0.29) is 6.04 Å². The standard InChI is InChI=1S/C13H15BrClN3/c1-8(2)12-16-17-13(15)18(12)9(3)10-4-6-11(14)7-5-10/h4-9H,1-3H3. The summed E-state index contributed by atoms with van der Waals surface area (Å²) in [7, 11) is 0. The van der Waals surface area contributed by atoms with Crippen LogP contribution in [0, 0.1) is 0 Å².